The van der Waals surface area contributed by atoms with Crippen LogP contribution in [0, 0.1) is 0 Å². The summed E-state index contributed by atoms with van der Waals surface area (Å²) < 4.78 is 2.69. The van der Waals surface area contributed by atoms with Crippen molar-refractivity contribution in [1.82, 2.24) is 19.7 Å². The topological polar surface area (TPSA) is 85.3 Å². The number of halogens is 1. The molecule has 0 aliphatic rings. The fourth-order valence-corrected chi connectivity index (χ4v) is 2.01. The number of fused-ring (bicyclic) bond motifs is 1. The van der Waals surface area contributed by atoms with Crippen LogP contribution in [0.5, 0.6) is 0 Å². The molecule has 1 unspecified atom stereocenters. The quantitative estimate of drug-likeness (QED) is 0.857. The van der Waals surface area contributed by atoms with E-state index in [0.29, 0.717) is 13.0 Å². The maximum atomic E-state index is 10.8. The largest absolute Gasteiger partial charge is 0.370 e. The van der Waals surface area contributed by atoms with Crippen LogP contribution in [0.4, 0.5) is 0 Å². The summed E-state index contributed by atoms with van der Waals surface area (Å²) in [6.07, 6.45) is 5.66. The number of nitrogens with two attached hydrogens (primary N) is 1. The molecule has 18 heavy (non-hydrogen) atoms. The van der Waals surface area contributed by atoms with Crippen LogP contribution in [0.3, 0.4) is 0 Å². The SMILES string of the molecule is CC(CC(N)=O)NCc1cnc2cnc(Br)cn12. The molecule has 0 fully saturated rings. The lowest BCUT2D eigenvalue weighted by atomic mass is 10.2. The number of nitrogens with zero attached hydrogens (tertiary/aromatic N) is 3. The highest BCUT2D eigenvalue weighted by atomic mass is 79.9. The number of carbonyl (C=O) groups excluding carboxylic acids is 1. The highest BCUT2D eigenvalue weighted by molar-refractivity contribution is 9.10. The van der Waals surface area contributed by atoms with Crippen LogP contribution >= 0.6 is 15.9 Å². The monoisotopic (exact) mass is 311 g/mol. The van der Waals surface area contributed by atoms with Crippen LogP contribution in [0.2, 0.25) is 0 Å². The number of primary amides is 1. The first kappa shape index (κ1) is 13.0. The summed E-state index contributed by atoms with van der Waals surface area (Å²) in [5.41, 5.74) is 6.94. The third-order valence-corrected chi connectivity index (χ3v) is 2.99. The second-order valence-corrected chi connectivity index (χ2v) is 4.95. The maximum absolute atomic E-state index is 10.8. The van der Waals surface area contributed by atoms with Gasteiger partial charge in [-0.05, 0) is 22.9 Å². The van der Waals surface area contributed by atoms with E-state index in [1.165, 1.54) is 0 Å². The Bertz CT molecular complexity index is 568. The molecule has 0 aromatic carbocycles. The van der Waals surface area contributed by atoms with Gasteiger partial charge in [-0.2, -0.15) is 0 Å². The van der Waals surface area contributed by atoms with Crippen LogP contribution in [0.1, 0.15) is 19.0 Å². The lowest BCUT2D eigenvalue weighted by Gasteiger charge is -2.11. The molecule has 0 bridgehead atoms. The van der Waals surface area contributed by atoms with E-state index < -0.39 is 0 Å². The Morgan fingerprint density at radius 2 is 2.33 bits per heavy atom. The van der Waals surface area contributed by atoms with Crippen LogP contribution in [0.15, 0.2) is 23.2 Å². The summed E-state index contributed by atoms with van der Waals surface area (Å²) in [7, 11) is 0. The number of nitrogens with one attached hydrogen (secondary N) is 1. The molecule has 3 N–H and O–H groups in total. The summed E-state index contributed by atoms with van der Waals surface area (Å²) in [5, 5.41) is 3.23. The number of amides is 1. The second-order valence-electron chi connectivity index (χ2n) is 4.14. The molecule has 2 rings (SSSR count). The van der Waals surface area contributed by atoms with Gasteiger partial charge in [-0.25, -0.2) is 9.97 Å². The average Bonchev–Trinajstić information content (AvgIpc) is 2.68. The van der Waals surface area contributed by atoms with Gasteiger partial charge in [-0.15, -0.1) is 0 Å². The lowest BCUT2D eigenvalue weighted by Crippen LogP contribution is -2.30. The molecule has 0 aliphatic carbocycles. The molecule has 0 spiro atoms. The molecule has 0 aliphatic heterocycles. The lowest BCUT2D eigenvalue weighted by molar-refractivity contribution is -0.118. The summed E-state index contributed by atoms with van der Waals surface area (Å²) in [6, 6.07) is 0.0401. The molecule has 0 radical (unpaired) electrons. The van der Waals surface area contributed by atoms with Crippen LogP contribution in [-0.4, -0.2) is 26.3 Å². The molecule has 2 heterocycles. The maximum Gasteiger partial charge on any atom is 0.218 e. The third kappa shape index (κ3) is 3.05. The zero-order chi connectivity index (χ0) is 13.1. The van der Waals surface area contributed by atoms with E-state index in [-0.39, 0.29) is 11.9 Å². The van der Waals surface area contributed by atoms with Crippen molar-refractivity contribution in [2.45, 2.75) is 25.9 Å². The van der Waals surface area contributed by atoms with Gasteiger partial charge in [-0.1, -0.05) is 0 Å². The van der Waals surface area contributed by atoms with Crippen molar-refractivity contribution >= 4 is 27.5 Å². The summed E-state index contributed by atoms with van der Waals surface area (Å²) in [4.78, 5) is 19.1. The molecule has 1 atom stereocenters. The molecule has 1 amide bonds. The minimum absolute atomic E-state index is 0.0401. The Kier molecular flexibility index (Phi) is 3.93. The predicted molar refractivity (Wildman–Crippen MR) is 70.8 cm³/mol. The molecule has 0 saturated heterocycles. The summed E-state index contributed by atoms with van der Waals surface area (Å²) in [5.74, 6) is -0.305. The van der Waals surface area contributed by atoms with Crippen LogP contribution in [-0.2, 0) is 11.3 Å². The van der Waals surface area contributed by atoms with Gasteiger partial charge in [-0.3, -0.25) is 9.20 Å². The first-order valence-corrected chi connectivity index (χ1v) is 6.34. The van der Waals surface area contributed by atoms with Crippen molar-refractivity contribution in [2.75, 3.05) is 0 Å². The highest BCUT2D eigenvalue weighted by Crippen LogP contribution is 2.10. The Balaban J connectivity index is 2.07. The van der Waals surface area contributed by atoms with Gasteiger partial charge in [0.25, 0.3) is 0 Å². The van der Waals surface area contributed by atoms with Crippen molar-refractivity contribution in [3.63, 3.8) is 0 Å². The fourth-order valence-electron chi connectivity index (χ4n) is 1.70. The normalized spacial score (nSPS) is 12.8. The highest BCUT2D eigenvalue weighted by Gasteiger charge is 2.08. The summed E-state index contributed by atoms with van der Waals surface area (Å²) in [6.45, 7) is 2.54. The number of hydrogen-bond acceptors (Lipinski definition) is 4. The van der Waals surface area contributed by atoms with E-state index in [2.05, 4.69) is 31.2 Å². The zero-order valence-electron chi connectivity index (χ0n) is 9.93. The average molecular weight is 312 g/mol. The Morgan fingerprint density at radius 3 is 3.06 bits per heavy atom. The third-order valence-electron chi connectivity index (χ3n) is 2.58. The smallest absolute Gasteiger partial charge is 0.218 e. The molecule has 0 saturated carbocycles. The molecular weight excluding hydrogens is 298 g/mol. The van der Waals surface area contributed by atoms with Gasteiger partial charge in [0.2, 0.25) is 5.91 Å². The van der Waals surface area contributed by atoms with E-state index in [9.17, 15) is 4.79 Å². The van der Waals surface area contributed by atoms with E-state index in [4.69, 9.17) is 5.73 Å². The standard InChI is InChI=1S/C11H14BrN5O/c1-7(2-10(13)18)14-3-8-4-16-11-5-15-9(12)6-17(8)11/h4-7,14H,2-3H2,1H3,(H2,13,18). The zero-order valence-corrected chi connectivity index (χ0v) is 11.5. The fraction of sp³-hybridized carbons (Fsp3) is 0.364. The minimum Gasteiger partial charge on any atom is -0.370 e. The second kappa shape index (κ2) is 5.45. The van der Waals surface area contributed by atoms with Gasteiger partial charge in [0, 0.05) is 25.2 Å². The number of imidazole rings is 1. The molecule has 7 heteroatoms. The van der Waals surface area contributed by atoms with Crippen LogP contribution in [0.25, 0.3) is 5.65 Å². The molecule has 2 aromatic rings. The van der Waals surface area contributed by atoms with Crippen molar-refractivity contribution in [3.05, 3.63) is 28.9 Å². The Morgan fingerprint density at radius 1 is 1.56 bits per heavy atom. The molecule has 6 nitrogen and oxygen atoms in total. The van der Waals surface area contributed by atoms with E-state index in [0.717, 1.165) is 15.9 Å². The van der Waals surface area contributed by atoms with Crippen molar-refractivity contribution in [2.24, 2.45) is 5.73 Å². The van der Waals surface area contributed by atoms with E-state index >= 15 is 0 Å². The number of aromatic nitrogens is 3. The number of hydrogen-bond donors (Lipinski definition) is 2. The van der Waals surface area contributed by atoms with Crippen molar-refractivity contribution < 1.29 is 4.79 Å². The Labute approximate surface area is 113 Å². The van der Waals surface area contributed by atoms with E-state index in [1.54, 1.807) is 12.4 Å². The van der Waals surface area contributed by atoms with Crippen LogP contribution < -0.4 is 11.1 Å². The van der Waals surface area contributed by atoms with Gasteiger partial charge >= 0.3 is 0 Å². The first-order valence-electron chi connectivity index (χ1n) is 5.55. The Hall–Kier alpha value is -1.47. The summed E-state index contributed by atoms with van der Waals surface area (Å²) >= 11 is 3.32. The van der Waals surface area contributed by atoms with Gasteiger partial charge in [0.15, 0.2) is 5.65 Å². The molecule has 2 aromatic heterocycles. The van der Waals surface area contributed by atoms with Gasteiger partial charge in [0.1, 0.15) is 4.60 Å². The first-order chi connectivity index (χ1) is 8.56. The number of rotatable bonds is 5. The number of carbonyl (C=O) groups is 1. The van der Waals surface area contributed by atoms with Crippen molar-refractivity contribution in [1.29, 1.82) is 0 Å². The van der Waals surface area contributed by atoms with Gasteiger partial charge < -0.3 is 11.1 Å². The van der Waals surface area contributed by atoms with Crippen molar-refractivity contribution in [3.8, 4) is 0 Å². The minimum atomic E-state index is -0.305. The molecular formula is C11H14BrN5O. The molecule has 96 valence electrons. The van der Waals surface area contributed by atoms with E-state index in [1.807, 2.05) is 17.5 Å². The predicted octanol–water partition coefficient (Wildman–Crippen LogP) is 0.845. The van der Waals surface area contributed by atoms with Gasteiger partial charge in [0.05, 0.1) is 18.1 Å².